The van der Waals surface area contributed by atoms with Crippen molar-refractivity contribution in [3.05, 3.63) is 103 Å². The van der Waals surface area contributed by atoms with Gasteiger partial charge in [-0.2, -0.15) is 5.10 Å². The number of anilines is 2. The summed E-state index contributed by atoms with van der Waals surface area (Å²) in [5.41, 5.74) is 2.71. The maximum Gasteiger partial charge on any atom is 0.243 e. The molecule has 0 atom stereocenters. The first-order chi connectivity index (χ1) is 15.8. The minimum Gasteiger partial charge on any atom is -0.492 e. The number of carbonyl (C=O) groups is 1. The summed E-state index contributed by atoms with van der Waals surface area (Å²) in [7, 11) is 0. The van der Waals surface area contributed by atoms with E-state index in [1.165, 1.54) is 0 Å². The molecule has 0 unspecified atom stereocenters. The van der Waals surface area contributed by atoms with E-state index in [1.807, 2.05) is 94.8 Å². The van der Waals surface area contributed by atoms with Gasteiger partial charge in [0.25, 0.3) is 0 Å². The highest BCUT2D eigenvalue weighted by molar-refractivity contribution is 5.94. The summed E-state index contributed by atoms with van der Waals surface area (Å²) in [6, 6.07) is 23.1. The highest BCUT2D eigenvalue weighted by atomic mass is 16.5. The van der Waals surface area contributed by atoms with Crippen molar-refractivity contribution in [1.82, 2.24) is 14.8 Å². The van der Waals surface area contributed by atoms with Gasteiger partial charge in [0.15, 0.2) is 0 Å². The van der Waals surface area contributed by atoms with E-state index in [0.29, 0.717) is 31.1 Å². The average molecular weight is 428 g/mol. The SMILES string of the molecule is O=C(CN(Cc1cccnc1)c1ccccc1)Nc1cccc(OCCn2cccn2)c1. The third-order valence-corrected chi connectivity index (χ3v) is 4.82. The summed E-state index contributed by atoms with van der Waals surface area (Å²) in [4.78, 5) is 19.1. The third-order valence-electron chi connectivity index (χ3n) is 4.82. The Morgan fingerprint density at radius 1 is 1.00 bits per heavy atom. The van der Waals surface area contributed by atoms with Crippen LogP contribution in [0.5, 0.6) is 5.75 Å². The Morgan fingerprint density at radius 2 is 1.91 bits per heavy atom. The number of benzene rings is 2. The monoisotopic (exact) mass is 427 g/mol. The molecule has 2 aromatic carbocycles. The Kier molecular flexibility index (Phi) is 7.10. The number of ether oxygens (including phenoxy) is 1. The quantitative estimate of drug-likeness (QED) is 0.414. The van der Waals surface area contributed by atoms with Gasteiger partial charge in [0.05, 0.1) is 13.1 Å². The number of amides is 1. The van der Waals surface area contributed by atoms with E-state index >= 15 is 0 Å². The van der Waals surface area contributed by atoms with E-state index in [1.54, 1.807) is 12.4 Å². The molecule has 2 heterocycles. The maximum atomic E-state index is 12.8. The van der Waals surface area contributed by atoms with Gasteiger partial charge in [-0.05, 0) is 42.0 Å². The van der Waals surface area contributed by atoms with Gasteiger partial charge in [0.2, 0.25) is 5.91 Å². The molecule has 0 aliphatic heterocycles. The molecule has 0 saturated heterocycles. The smallest absolute Gasteiger partial charge is 0.243 e. The number of aromatic nitrogens is 3. The first-order valence-electron chi connectivity index (χ1n) is 10.5. The van der Waals surface area contributed by atoms with Crippen LogP contribution in [-0.2, 0) is 17.9 Å². The van der Waals surface area contributed by atoms with E-state index in [2.05, 4.69) is 15.4 Å². The van der Waals surface area contributed by atoms with Gasteiger partial charge in [-0.15, -0.1) is 0 Å². The molecule has 0 fully saturated rings. The summed E-state index contributed by atoms with van der Waals surface area (Å²) < 4.78 is 7.61. The van der Waals surface area contributed by atoms with Crippen molar-refractivity contribution in [3.8, 4) is 5.75 Å². The Balaban J connectivity index is 1.37. The van der Waals surface area contributed by atoms with Crippen molar-refractivity contribution >= 4 is 17.3 Å². The summed E-state index contributed by atoms with van der Waals surface area (Å²) in [6.45, 7) is 1.95. The predicted octanol–water partition coefficient (Wildman–Crippen LogP) is 4.00. The molecule has 0 spiro atoms. The molecular weight excluding hydrogens is 402 g/mol. The van der Waals surface area contributed by atoms with Gasteiger partial charge >= 0.3 is 0 Å². The van der Waals surface area contributed by atoms with Crippen LogP contribution in [0.25, 0.3) is 0 Å². The first kappa shape index (κ1) is 21.1. The molecule has 2 aromatic heterocycles. The summed E-state index contributed by atoms with van der Waals surface area (Å²) in [5.74, 6) is 0.594. The highest BCUT2D eigenvalue weighted by Gasteiger charge is 2.13. The molecule has 0 saturated carbocycles. The normalized spacial score (nSPS) is 10.5. The van der Waals surface area contributed by atoms with Gasteiger partial charge in [-0.1, -0.05) is 30.3 Å². The van der Waals surface area contributed by atoms with E-state index in [4.69, 9.17) is 4.74 Å². The van der Waals surface area contributed by atoms with Crippen molar-refractivity contribution in [2.24, 2.45) is 0 Å². The molecule has 1 N–H and O–H groups in total. The highest BCUT2D eigenvalue weighted by Crippen LogP contribution is 2.19. The molecule has 0 aliphatic carbocycles. The van der Waals surface area contributed by atoms with Gasteiger partial charge in [0, 0.05) is 48.8 Å². The van der Waals surface area contributed by atoms with Crippen molar-refractivity contribution in [1.29, 1.82) is 0 Å². The van der Waals surface area contributed by atoms with Gasteiger partial charge in [0.1, 0.15) is 12.4 Å². The second-order valence-electron chi connectivity index (χ2n) is 7.25. The minimum atomic E-state index is -0.105. The molecule has 1 amide bonds. The number of carbonyl (C=O) groups excluding carboxylic acids is 1. The Labute approximate surface area is 187 Å². The second kappa shape index (κ2) is 10.8. The summed E-state index contributed by atoms with van der Waals surface area (Å²) in [5, 5.41) is 7.14. The fraction of sp³-hybridized carbons (Fsp3) is 0.160. The fourth-order valence-corrected chi connectivity index (χ4v) is 3.32. The number of nitrogens with one attached hydrogen (secondary N) is 1. The molecule has 4 aromatic rings. The van der Waals surface area contributed by atoms with E-state index < -0.39 is 0 Å². The lowest BCUT2D eigenvalue weighted by Crippen LogP contribution is -2.33. The Morgan fingerprint density at radius 3 is 2.69 bits per heavy atom. The number of nitrogens with zero attached hydrogens (tertiary/aromatic N) is 4. The molecule has 4 rings (SSSR count). The van der Waals surface area contributed by atoms with E-state index in [-0.39, 0.29) is 12.5 Å². The van der Waals surface area contributed by atoms with Gasteiger partial charge < -0.3 is 15.0 Å². The second-order valence-corrected chi connectivity index (χ2v) is 7.25. The summed E-state index contributed by atoms with van der Waals surface area (Å²) >= 11 is 0. The molecule has 7 nitrogen and oxygen atoms in total. The molecule has 7 heteroatoms. The number of hydrogen-bond acceptors (Lipinski definition) is 5. The standard InChI is InChI=1S/C25H25N5O2/c31-25(20-29(23-9-2-1-3-10-23)19-21-7-5-12-26-18-21)28-22-8-4-11-24(17-22)32-16-15-30-14-6-13-27-30/h1-14,17-18H,15-16,19-20H2,(H,28,31). The number of rotatable bonds is 10. The van der Waals surface area contributed by atoms with Crippen LogP contribution in [-0.4, -0.2) is 33.8 Å². The van der Waals surface area contributed by atoms with Crippen LogP contribution >= 0.6 is 0 Å². The average Bonchev–Trinajstić information content (AvgIpc) is 3.34. The van der Waals surface area contributed by atoms with E-state index in [9.17, 15) is 4.79 Å². The fourth-order valence-electron chi connectivity index (χ4n) is 3.32. The topological polar surface area (TPSA) is 72.3 Å². The third kappa shape index (κ3) is 6.18. The van der Waals surface area contributed by atoms with Crippen LogP contribution in [0, 0.1) is 0 Å². The van der Waals surface area contributed by atoms with Crippen LogP contribution in [0.4, 0.5) is 11.4 Å². The number of para-hydroxylation sites is 1. The Hall–Kier alpha value is -4.13. The minimum absolute atomic E-state index is 0.105. The van der Waals surface area contributed by atoms with E-state index in [0.717, 1.165) is 11.3 Å². The molecule has 162 valence electrons. The number of pyridine rings is 1. The van der Waals surface area contributed by atoms with Crippen molar-refractivity contribution < 1.29 is 9.53 Å². The molecule has 0 aliphatic rings. The number of hydrogen-bond donors (Lipinski definition) is 1. The van der Waals surface area contributed by atoms with Crippen LogP contribution in [0.1, 0.15) is 5.56 Å². The lowest BCUT2D eigenvalue weighted by Gasteiger charge is -2.24. The van der Waals surface area contributed by atoms with Gasteiger partial charge in [-0.25, -0.2) is 0 Å². The molecular formula is C25H25N5O2. The molecule has 32 heavy (non-hydrogen) atoms. The zero-order valence-corrected chi connectivity index (χ0v) is 17.7. The summed E-state index contributed by atoms with van der Waals surface area (Å²) in [6.07, 6.45) is 7.19. The zero-order valence-electron chi connectivity index (χ0n) is 17.7. The van der Waals surface area contributed by atoms with Crippen LogP contribution in [0.15, 0.2) is 97.6 Å². The van der Waals surface area contributed by atoms with Crippen LogP contribution < -0.4 is 15.0 Å². The van der Waals surface area contributed by atoms with Crippen molar-refractivity contribution in [2.45, 2.75) is 13.1 Å². The van der Waals surface area contributed by atoms with Crippen molar-refractivity contribution in [2.75, 3.05) is 23.4 Å². The zero-order chi connectivity index (χ0) is 22.0. The lowest BCUT2D eigenvalue weighted by molar-refractivity contribution is -0.115. The maximum absolute atomic E-state index is 12.8. The predicted molar refractivity (Wildman–Crippen MR) is 125 cm³/mol. The Bertz CT molecular complexity index is 1100. The largest absolute Gasteiger partial charge is 0.492 e. The van der Waals surface area contributed by atoms with Gasteiger partial charge in [-0.3, -0.25) is 14.5 Å². The lowest BCUT2D eigenvalue weighted by atomic mass is 10.2. The molecule has 0 radical (unpaired) electrons. The van der Waals surface area contributed by atoms with Crippen molar-refractivity contribution in [3.63, 3.8) is 0 Å². The van der Waals surface area contributed by atoms with Crippen LogP contribution in [0.2, 0.25) is 0 Å². The van der Waals surface area contributed by atoms with Crippen LogP contribution in [0.3, 0.4) is 0 Å². The molecule has 0 bridgehead atoms. The first-order valence-corrected chi connectivity index (χ1v) is 10.5.